The molecule has 1 aromatic heterocycles. The lowest BCUT2D eigenvalue weighted by atomic mass is 10.0. The molecule has 0 aliphatic carbocycles. The van der Waals surface area contributed by atoms with E-state index in [9.17, 15) is 4.79 Å². The highest BCUT2D eigenvalue weighted by Crippen LogP contribution is 2.21. The number of amides is 1. The second-order valence-electron chi connectivity index (χ2n) is 6.52. The van der Waals surface area contributed by atoms with Crippen molar-refractivity contribution in [1.29, 1.82) is 0 Å². The molecule has 2 aliphatic heterocycles. The van der Waals surface area contributed by atoms with Crippen LogP contribution in [0.25, 0.3) is 0 Å². The first-order chi connectivity index (χ1) is 11.2. The predicted octanol–water partition coefficient (Wildman–Crippen LogP) is 0.981. The van der Waals surface area contributed by atoms with Gasteiger partial charge in [0.2, 0.25) is 5.91 Å². The van der Waals surface area contributed by atoms with Crippen LogP contribution in [0.2, 0.25) is 0 Å². The number of aromatic nitrogens is 1. The number of nitrogens with two attached hydrogens (primary N) is 1. The highest BCUT2D eigenvalue weighted by molar-refractivity contribution is 5.81. The molecule has 2 atom stereocenters. The fourth-order valence-electron chi connectivity index (χ4n) is 3.27. The van der Waals surface area contributed by atoms with Gasteiger partial charge in [-0.05, 0) is 44.2 Å². The van der Waals surface area contributed by atoms with Crippen LogP contribution in [-0.4, -0.2) is 48.8 Å². The normalized spacial score (nSPS) is 25.6. The molecule has 0 aromatic carbocycles. The van der Waals surface area contributed by atoms with Crippen molar-refractivity contribution >= 4 is 11.7 Å². The number of carbonyl (C=O) groups excluding carboxylic acids is 1. The van der Waals surface area contributed by atoms with Crippen LogP contribution in [0, 0.1) is 6.92 Å². The smallest absolute Gasteiger partial charge is 0.249 e. The lowest BCUT2D eigenvalue weighted by Gasteiger charge is -2.33. The lowest BCUT2D eigenvalue weighted by molar-refractivity contribution is -0.132. The fraction of sp³-hybridized carbons (Fsp3) is 0.647. The number of ether oxygens (including phenoxy) is 1. The van der Waals surface area contributed by atoms with Gasteiger partial charge in [0.25, 0.3) is 0 Å². The Balaban J connectivity index is 1.46. The number of hydrogen-bond acceptors (Lipinski definition) is 5. The second-order valence-corrected chi connectivity index (χ2v) is 6.52. The summed E-state index contributed by atoms with van der Waals surface area (Å²) in [5, 5.41) is 3.13. The topological polar surface area (TPSA) is 80.5 Å². The molecule has 2 fully saturated rings. The van der Waals surface area contributed by atoms with E-state index >= 15 is 0 Å². The molecule has 0 bridgehead atoms. The number of rotatable bonds is 4. The van der Waals surface area contributed by atoms with Gasteiger partial charge in [-0.2, -0.15) is 0 Å². The number of anilines is 1. The maximum absolute atomic E-state index is 12.3. The molecule has 0 saturated carbocycles. The SMILES string of the molecule is Cc1ccc(N2CCC(NC(=O)[C@@H]3CC[C@H](CN)O3)CC2)nc1. The van der Waals surface area contributed by atoms with Crippen molar-refractivity contribution in [3.05, 3.63) is 23.9 Å². The van der Waals surface area contributed by atoms with Crippen LogP contribution in [0.4, 0.5) is 5.82 Å². The molecule has 1 aromatic rings. The number of pyridine rings is 1. The van der Waals surface area contributed by atoms with Crippen LogP contribution in [0.1, 0.15) is 31.2 Å². The van der Waals surface area contributed by atoms with Crippen LogP contribution >= 0.6 is 0 Å². The Morgan fingerprint density at radius 1 is 1.35 bits per heavy atom. The second kappa shape index (κ2) is 7.27. The maximum atomic E-state index is 12.3. The minimum absolute atomic E-state index is 0.0212. The molecule has 23 heavy (non-hydrogen) atoms. The third-order valence-corrected chi connectivity index (χ3v) is 4.72. The summed E-state index contributed by atoms with van der Waals surface area (Å²) in [4.78, 5) is 19.0. The van der Waals surface area contributed by atoms with Crippen LogP contribution in [0.3, 0.4) is 0 Å². The molecule has 0 unspecified atom stereocenters. The molecule has 6 nitrogen and oxygen atoms in total. The van der Waals surface area contributed by atoms with E-state index in [0.29, 0.717) is 6.54 Å². The molecule has 3 heterocycles. The predicted molar refractivity (Wildman–Crippen MR) is 89.3 cm³/mol. The summed E-state index contributed by atoms with van der Waals surface area (Å²) in [6, 6.07) is 4.37. The summed E-state index contributed by atoms with van der Waals surface area (Å²) in [7, 11) is 0. The Hall–Kier alpha value is -1.66. The van der Waals surface area contributed by atoms with E-state index in [1.807, 2.05) is 13.1 Å². The van der Waals surface area contributed by atoms with Crippen molar-refractivity contribution in [3.8, 4) is 0 Å². The van der Waals surface area contributed by atoms with Crippen molar-refractivity contribution in [2.45, 2.75) is 50.9 Å². The zero-order valence-corrected chi connectivity index (χ0v) is 13.7. The van der Waals surface area contributed by atoms with E-state index < -0.39 is 0 Å². The molecule has 1 amide bonds. The molecule has 0 radical (unpaired) electrons. The van der Waals surface area contributed by atoms with Gasteiger partial charge in [0.05, 0.1) is 6.10 Å². The van der Waals surface area contributed by atoms with Crippen LogP contribution in [0.5, 0.6) is 0 Å². The highest BCUT2D eigenvalue weighted by Gasteiger charge is 2.31. The molecule has 3 rings (SSSR count). The summed E-state index contributed by atoms with van der Waals surface area (Å²) >= 11 is 0. The monoisotopic (exact) mass is 318 g/mol. The lowest BCUT2D eigenvalue weighted by Crippen LogP contribution is -2.47. The molecule has 2 saturated heterocycles. The van der Waals surface area contributed by atoms with Crippen LogP contribution in [-0.2, 0) is 9.53 Å². The quantitative estimate of drug-likeness (QED) is 0.865. The van der Waals surface area contributed by atoms with Gasteiger partial charge in [-0.1, -0.05) is 6.07 Å². The van der Waals surface area contributed by atoms with Gasteiger partial charge in [0, 0.05) is 31.9 Å². The summed E-state index contributed by atoms with van der Waals surface area (Å²) in [6.07, 6.45) is 5.16. The number of nitrogens with one attached hydrogen (secondary N) is 1. The van der Waals surface area contributed by atoms with Crippen LogP contribution in [0.15, 0.2) is 18.3 Å². The summed E-state index contributed by atoms with van der Waals surface area (Å²) in [5.74, 6) is 1.04. The molecule has 0 spiro atoms. The average Bonchev–Trinajstić information content (AvgIpc) is 3.06. The van der Waals surface area contributed by atoms with Crippen molar-refractivity contribution in [3.63, 3.8) is 0 Å². The van der Waals surface area contributed by atoms with Gasteiger partial charge in [0.15, 0.2) is 0 Å². The largest absolute Gasteiger partial charge is 0.364 e. The molecule has 2 aliphatic rings. The number of carbonyl (C=O) groups is 1. The summed E-state index contributed by atoms with van der Waals surface area (Å²) < 4.78 is 5.66. The molecule has 3 N–H and O–H groups in total. The Morgan fingerprint density at radius 3 is 2.74 bits per heavy atom. The number of aryl methyl sites for hydroxylation is 1. The third kappa shape index (κ3) is 4.00. The molecule has 6 heteroatoms. The minimum Gasteiger partial charge on any atom is -0.364 e. The highest BCUT2D eigenvalue weighted by atomic mass is 16.5. The van der Waals surface area contributed by atoms with E-state index in [2.05, 4.69) is 27.3 Å². The van der Waals surface area contributed by atoms with E-state index in [4.69, 9.17) is 10.5 Å². The Kier molecular flexibility index (Phi) is 5.13. The first-order valence-electron chi connectivity index (χ1n) is 8.49. The zero-order valence-electron chi connectivity index (χ0n) is 13.7. The van der Waals surface area contributed by atoms with Crippen LogP contribution < -0.4 is 16.0 Å². The molecular weight excluding hydrogens is 292 g/mol. The third-order valence-electron chi connectivity index (χ3n) is 4.72. The van der Waals surface area contributed by atoms with E-state index in [0.717, 1.165) is 44.6 Å². The van der Waals surface area contributed by atoms with Gasteiger partial charge in [0.1, 0.15) is 11.9 Å². The van der Waals surface area contributed by atoms with Gasteiger partial charge in [-0.3, -0.25) is 4.79 Å². The number of hydrogen-bond donors (Lipinski definition) is 2. The van der Waals surface area contributed by atoms with Crippen molar-refractivity contribution in [1.82, 2.24) is 10.3 Å². The molecular formula is C17H26N4O2. The Labute approximate surface area is 137 Å². The van der Waals surface area contributed by atoms with E-state index in [1.54, 1.807) is 0 Å². The summed E-state index contributed by atoms with van der Waals surface area (Å²) in [6.45, 7) is 4.36. The standard InChI is InChI=1S/C17H26N4O2/c1-12-2-5-16(19-11-12)21-8-6-13(7-9-21)20-17(22)15-4-3-14(10-18)23-15/h2,5,11,13-15H,3-4,6-10,18H2,1H3,(H,20,22)/t14-,15+/m1/s1. The minimum atomic E-state index is -0.319. The fourth-order valence-corrected chi connectivity index (χ4v) is 3.27. The zero-order chi connectivity index (χ0) is 16.2. The first kappa shape index (κ1) is 16.2. The number of nitrogens with zero attached hydrogens (tertiary/aromatic N) is 2. The Morgan fingerprint density at radius 2 is 2.13 bits per heavy atom. The Bertz CT molecular complexity index is 526. The average molecular weight is 318 g/mol. The molecule has 126 valence electrons. The number of piperidine rings is 1. The summed E-state index contributed by atoms with van der Waals surface area (Å²) in [5.41, 5.74) is 6.76. The van der Waals surface area contributed by atoms with Gasteiger partial charge >= 0.3 is 0 Å². The van der Waals surface area contributed by atoms with Crippen molar-refractivity contribution < 1.29 is 9.53 Å². The van der Waals surface area contributed by atoms with Gasteiger partial charge in [-0.25, -0.2) is 4.98 Å². The van der Waals surface area contributed by atoms with E-state index in [-0.39, 0.29) is 24.2 Å². The maximum Gasteiger partial charge on any atom is 0.249 e. The van der Waals surface area contributed by atoms with Crippen molar-refractivity contribution in [2.24, 2.45) is 5.73 Å². The first-order valence-corrected chi connectivity index (χ1v) is 8.49. The van der Waals surface area contributed by atoms with Gasteiger partial charge in [-0.15, -0.1) is 0 Å². The van der Waals surface area contributed by atoms with Gasteiger partial charge < -0.3 is 20.7 Å². The van der Waals surface area contributed by atoms with E-state index in [1.165, 1.54) is 5.56 Å². The van der Waals surface area contributed by atoms with Crippen molar-refractivity contribution in [2.75, 3.05) is 24.5 Å².